The van der Waals surface area contributed by atoms with Gasteiger partial charge in [-0.1, -0.05) is 0 Å². The summed E-state index contributed by atoms with van der Waals surface area (Å²) in [4.78, 5) is 25.8. The molecule has 0 bridgehead atoms. The minimum atomic E-state index is 0.0925. The fraction of sp³-hybridized carbons (Fsp3) is 0.857. The van der Waals surface area contributed by atoms with Crippen LogP contribution in [-0.2, 0) is 19.1 Å². The maximum absolute atomic E-state index is 11.1. The van der Waals surface area contributed by atoms with Gasteiger partial charge in [0.25, 0.3) is 0 Å². The standard InChI is InChI=1S/2C7H12N2O2/c2*1-9-5-2-8-3-6(5)11-4-7(9)10/h2*5-6,8H,2-4H2,1H3/t2*5-,6-/m10/s1. The Kier molecular flexibility index (Phi) is 4.62. The van der Waals surface area contributed by atoms with Crippen molar-refractivity contribution in [3.8, 4) is 0 Å². The highest BCUT2D eigenvalue weighted by atomic mass is 16.5. The molecule has 2 amide bonds. The van der Waals surface area contributed by atoms with Gasteiger partial charge in [-0.05, 0) is 0 Å². The summed E-state index contributed by atoms with van der Waals surface area (Å²) in [5.41, 5.74) is 0. The number of ether oxygens (including phenoxy) is 2. The van der Waals surface area contributed by atoms with Crippen LogP contribution in [0, 0.1) is 0 Å². The zero-order valence-corrected chi connectivity index (χ0v) is 13.1. The van der Waals surface area contributed by atoms with Gasteiger partial charge >= 0.3 is 0 Å². The van der Waals surface area contributed by atoms with E-state index in [2.05, 4.69) is 10.6 Å². The van der Waals surface area contributed by atoms with Crippen LogP contribution in [0.5, 0.6) is 0 Å². The van der Waals surface area contributed by atoms with Crippen molar-refractivity contribution in [1.82, 2.24) is 20.4 Å². The highest BCUT2D eigenvalue weighted by Crippen LogP contribution is 2.16. The molecule has 0 aromatic heterocycles. The van der Waals surface area contributed by atoms with Crippen molar-refractivity contribution in [2.45, 2.75) is 24.3 Å². The molecule has 4 aliphatic heterocycles. The van der Waals surface area contributed by atoms with Crippen LogP contribution in [0.3, 0.4) is 0 Å². The van der Waals surface area contributed by atoms with Crippen molar-refractivity contribution in [2.24, 2.45) is 0 Å². The third-order valence-electron chi connectivity index (χ3n) is 4.88. The molecule has 0 aromatic rings. The number of nitrogens with zero attached hydrogens (tertiary/aromatic N) is 2. The Morgan fingerprint density at radius 1 is 0.818 bits per heavy atom. The Morgan fingerprint density at radius 2 is 1.23 bits per heavy atom. The fourth-order valence-electron chi connectivity index (χ4n) is 3.32. The number of hydrogen-bond donors (Lipinski definition) is 2. The predicted molar refractivity (Wildman–Crippen MR) is 78.3 cm³/mol. The molecule has 22 heavy (non-hydrogen) atoms. The van der Waals surface area contributed by atoms with Crippen LogP contribution in [0.4, 0.5) is 0 Å². The molecule has 0 unspecified atom stereocenters. The third-order valence-corrected chi connectivity index (χ3v) is 4.88. The van der Waals surface area contributed by atoms with E-state index in [1.807, 2.05) is 14.1 Å². The molecule has 8 heteroatoms. The molecule has 8 nitrogen and oxygen atoms in total. The average molecular weight is 312 g/mol. The van der Waals surface area contributed by atoms with Gasteiger partial charge in [-0.25, -0.2) is 0 Å². The molecule has 4 saturated heterocycles. The lowest BCUT2D eigenvalue weighted by Crippen LogP contribution is -2.51. The molecule has 4 fully saturated rings. The van der Waals surface area contributed by atoms with Crippen LogP contribution in [0.1, 0.15) is 0 Å². The highest BCUT2D eigenvalue weighted by molar-refractivity contribution is 5.78. The average Bonchev–Trinajstić information content (AvgIpc) is 3.16. The third kappa shape index (κ3) is 2.96. The second kappa shape index (κ2) is 6.49. The van der Waals surface area contributed by atoms with E-state index >= 15 is 0 Å². The number of hydrogen-bond acceptors (Lipinski definition) is 6. The van der Waals surface area contributed by atoms with E-state index in [-0.39, 0.29) is 49.3 Å². The second-order valence-electron chi connectivity index (χ2n) is 6.16. The molecule has 0 spiro atoms. The first kappa shape index (κ1) is 15.7. The lowest BCUT2D eigenvalue weighted by molar-refractivity contribution is -0.150. The van der Waals surface area contributed by atoms with Crippen molar-refractivity contribution in [3.05, 3.63) is 0 Å². The summed E-state index contributed by atoms with van der Waals surface area (Å²) >= 11 is 0. The number of fused-ring (bicyclic) bond motifs is 2. The number of amides is 2. The predicted octanol–water partition coefficient (Wildman–Crippen LogP) is -2.37. The molecular weight excluding hydrogens is 288 g/mol. The van der Waals surface area contributed by atoms with Gasteiger partial charge in [0.15, 0.2) is 0 Å². The van der Waals surface area contributed by atoms with Crippen LogP contribution in [-0.4, -0.2) is 99.4 Å². The molecule has 0 radical (unpaired) electrons. The Balaban J connectivity index is 0.000000131. The van der Waals surface area contributed by atoms with Crippen molar-refractivity contribution in [3.63, 3.8) is 0 Å². The zero-order valence-electron chi connectivity index (χ0n) is 13.1. The summed E-state index contributed by atoms with van der Waals surface area (Å²) in [5, 5.41) is 6.39. The number of likely N-dealkylation sites (N-methyl/N-ethyl adjacent to an activating group) is 2. The molecule has 0 aromatic carbocycles. The first-order valence-electron chi connectivity index (χ1n) is 7.74. The van der Waals surface area contributed by atoms with Gasteiger partial charge in [0.05, 0.1) is 24.3 Å². The van der Waals surface area contributed by atoms with Crippen molar-refractivity contribution in [1.29, 1.82) is 0 Å². The van der Waals surface area contributed by atoms with Crippen LogP contribution in [0.25, 0.3) is 0 Å². The summed E-state index contributed by atoms with van der Waals surface area (Å²) in [6, 6.07) is 0.521. The maximum atomic E-state index is 11.1. The molecule has 4 heterocycles. The number of nitrogens with one attached hydrogen (secondary N) is 2. The largest absolute Gasteiger partial charge is 0.365 e. The van der Waals surface area contributed by atoms with Gasteiger partial charge in [0.2, 0.25) is 11.8 Å². The van der Waals surface area contributed by atoms with Crippen molar-refractivity contribution >= 4 is 11.8 Å². The monoisotopic (exact) mass is 312 g/mol. The Labute approximate surface area is 130 Å². The first-order valence-corrected chi connectivity index (χ1v) is 7.74. The van der Waals surface area contributed by atoms with E-state index in [0.717, 1.165) is 26.2 Å². The lowest BCUT2D eigenvalue weighted by atomic mass is 10.1. The van der Waals surface area contributed by atoms with Gasteiger partial charge in [0.1, 0.15) is 13.2 Å². The zero-order chi connectivity index (χ0) is 15.7. The normalized spacial score (nSPS) is 37.5. The van der Waals surface area contributed by atoms with E-state index in [4.69, 9.17) is 9.47 Å². The summed E-state index contributed by atoms with van der Waals surface area (Å²) in [6.45, 7) is 3.99. The van der Waals surface area contributed by atoms with Crippen LogP contribution in [0.2, 0.25) is 0 Å². The van der Waals surface area contributed by atoms with Gasteiger partial charge in [-0.3, -0.25) is 9.59 Å². The van der Waals surface area contributed by atoms with Crippen molar-refractivity contribution < 1.29 is 19.1 Å². The maximum Gasteiger partial charge on any atom is 0.248 e. The Bertz CT molecular complexity index is 407. The van der Waals surface area contributed by atoms with E-state index in [1.54, 1.807) is 9.80 Å². The topological polar surface area (TPSA) is 83.1 Å². The molecule has 4 atom stereocenters. The second-order valence-corrected chi connectivity index (χ2v) is 6.16. The van der Waals surface area contributed by atoms with E-state index in [0.29, 0.717) is 0 Å². The molecule has 4 rings (SSSR count). The van der Waals surface area contributed by atoms with Gasteiger partial charge in [-0.15, -0.1) is 0 Å². The van der Waals surface area contributed by atoms with Crippen LogP contribution in [0.15, 0.2) is 0 Å². The molecule has 0 aliphatic carbocycles. The lowest BCUT2D eigenvalue weighted by Gasteiger charge is -2.33. The minimum absolute atomic E-state index is 0.0925. The molecule has 4 aliphatic rings. The highest BCUT2D eigenvalue weighted by Gasteiger charge is 2.38. The summed E-state index contributed by atoms with van der Waals surface area (Å²) < 4.78 is 10.7. The molecule has 124 valence electrons. The first-order chi connectivity index (χ1) is 10.6. The van der Waals surface area contributed by atoms with Crippen LogP contribution < -0.4 is 10.6 Å². The van der Waals surface area contributed by atoms with E-state index < -0.39 is 0 Å². The number of rotatable bonds is 0. The van der Waals surface area contributed by atoms with E-state index in [9.17, 15) is 9.59 Å². The van der Waals surface area contributed by atoms with Gasteiger partial charge in [-0.2, -0.15) is 0 Å². The smallest absolute Gasteiger partial charge is 0.248 e. The molecule has 2 N–H and O–H groups in total. The Morgan fingerprint density at radius 3 is 1.64 bits per heavy atom. The number of carbonyl (C=O) groups is 2. The van der Waals surface area contributed by atoms with Gasteiger partial charge < -0.3 is 29.9 Å². The fourth-order valence-corrected chi connectivity index (χ4v) is 3.32. The summed E-state index contributed by atoms with van der Waals surface area (Å²) in [6.07, 6.45) is 0.440. The SMILES string of the molecule is CN1C(=O)CO[C@@H]2CNC[C@H]21.CN1C(=O)CO[C@H]2CNC[C@@H]21. The van der Waals surface area contributed by atoms with Crippen molar-refractivity contribution in [2.75, 3.05) is 53.5 Å². The Hall–Kier alpha value is -1.22. The quantitative estimate of drug-likeness (QED) is 0.520. The summed E-state index contributed by atoms with van der Waals surface area (Å²) in [7, 11) is 3.69. The van der Waals surface area contributed by atoms with Gasteiger partial charge in [0, 0.05) is 40.3 Å². The molecular formula is C14H24N4O4. The van der Waals surface area contributed by atoms with Crippen LogP contribution >= 0.6 is 0 Å². The number of carbonyl (C=O) groups excluding carboxylic acids is 2. The summed E-state index contributed by atoms with van der Waals surface area (Å²) in [5.74, 6) is 0.185. The number of morpholine rings is 2. The van der Waals surface area contributed by atoms with E-state index in [1.165, 1.54) is 0 Å². The minimum Gasteiger partial charge on any atom is -0.365 e. The molecule has 0 saturated carbocycles.